The summed E-state index contributed by atoms with van der Waals surface area (Å²) in [5.41, 5.74) is 1.49. The normalized spacial score (nSPS) is 11.9. The minimum atomic E-state index is -0.941. The Morgan fingerprint density at radius 3 is 2.62 bits per heavy atom. The Balaban J connectivity index is 2.70. The zero-order chi connectivity index (χ0) is 11.9. The number of fused-ring (bicyclic) bond motifs is 1. The molecule has 0 amide bonds. The molecule has 0 saturated heterocycles. The van der Waals surface area contributed by atoms with Crippen molar-refractivity contribution in [1.82, 2.24) is 15.0 Å². The van der Waals surface area contributed by atoms with Crippen LogP contribution in [0.2, 0.25) is 0 Å². The molecule has 0 radical (unpaired) electrons. The molecule has 0 aliphatic heterocycles. The van der Waals surface area contributed by atoms with Crippen LogP contribution in [0.5, 0.6) is 0 Å². The van der Waals surface area contributed by atoms with Crippen molar-refractivity contribution in [2.24, 2.45) is 0 Å². The Morgan fingerprint density at radius 2 is 2.06 bits per heavy atom. The number of rotatable bonds is 1. The molecule has 84 valence electrons. The van der Waals surface area contributed by atoms with E-state index in [-0.39, 0.29) is 11.1 Å². The van der Waals surface area contributed by atoms with E-state index in [0.29, 0.717) is 5.52 Å². The molecular weight excluding hydrogens is 206 g/mol. The van der Waals surface area contributed by atoms with E-state index < -0.39 is 5.97 Å². The lowest BCUT2D eigenvalue weighted by Gasteiger charge is -2.19. The van der Waals surface area contributed by atoms with Gasteiger partial charge in [0.2, 0.25) is 0 Å². The summed E-state index contributed by atoms with van der Waals surface area (Å²) in [6.45, 7) is 5.98. The van der Waals surface area contributed by atoms with Crippen molar-refractivity contribution in [3.05, 3.63) is 23.8 Å². The molecular formula is C11H13N3O2. The Labute approximate surface area is 92.7 Å². The second kappa shape index (κ2) is 3.30. The van der Waals surface area contributed by atoms with Crippen LogP contribution >= 0.6 is 0 Å². The fourth-order valence-corrected chi connectivity index (χ4v) is 1.55. The topological polar surface area (TPSA) is 68.0 Å². The van der Waals surface area contributed by atoms with E-state index in [1.165, 1.54) is 6.07 Å². The molecule has 0 atom stereocenters. The van der Waals surface area contributed by atoms with Gasteiger partial charge in [0.1, 0.15) is 5.52 Å². The van der Waals surface area contributed by atoms with Crippen LogP contribution in [-0.4, -0.2) is 26.1 Å². The zero-order valence-electron chi connectivity index (χ0n) is 9.43. The van der Waals surface area contributed by atoms with Gasteiger partial charge in [0.05, 0.1) is 16.6 Å². The Kier molecular flexibility index (Phi) is 2.18. The van der Waals surface area contributed by atoms with Crippen molar-refractivity contribution < 1.29 is 9.90 Å². The zero-order valence-corrected chi connectivity index (χ0v) is 9.43. The van der Waals surface area contributed by atoms with Gasteiger partial charge < -0.3 is 5.11 Å². The summed E-state index contributed by atoms with van der Waals surface area (Å²) in [7, 11) is 0. The number of aromatic carboxylic acids is 1. The number of carboxylic acid groups (broad SMARTS) is 1. The minimum Gasteiger partial charge on any atom is -0.478 e. The highest BCUT2D eigenvalue weighted by atomic mass is 16.4. The highest BCUT2D eigenvalue weighted by molar-refractivity contribution is 5.92. The second-order valence-electron chi connectivity index (χ2n) is 4.68. The predicted octanol–water partition coefficient (Wildman–Crippen LogP) is 1.88. The van der Waals surface area contributed by atoms with Crippen LogP contribution in [0.15, 0.2) is 18.2 Å². The van der Waals surface area contributed by atoms with Crippen LogP contribution < -0.4 is 0 Å². The van der Waals surface area contributed by atoms with Crippen LogP contribution in [0.25, 0.3) is 11.0 Å². The molecule has 0 fully saturated rings. The summed E-state index contributed by atoms with van der Waals surface area (Å²) in [5, 5.41) is 17.0. The maximum Gasteiger partial charge on any atom is 0.335 e. The summed E-state index contributed by atoms with van der Waals surface area (Å²) in [5.74, 6) is -0.941. The fraction of sp³-hybridized carbons (Fsp3) is 0.364. The minimum absolute atomic E-state index is 0.216. The molecule has 0 bridgehead atoms. The smallest absolute Gasteiger partial charge is 0.335 e. The first-order chi connectivity index (χ1) is 7.39. The van der Waals surface area contributed by atoms with Gasteiger partial charge in [0, 0.05) is 0 Å². The lowest BCUT2D eigenvalue weighted by molar-refractivity contribution is 0.0697. The molecule has 0 unspecified atom stereocenters. The van der Waals surface area contributed by atoms with Crippen LogP contribution in [0.3, 0.4) is 0 Å². The Morgan fingerprint density at radius 1 is 1.38 bits per heavy atom. The monoisotopic (exact) mass is 219 g/mol. The second-order valence-corrected chi connectivity index (χ2v) is 4.68. The van der Waals surface area contributed by atoms with Gasteiger partial charge in [-0.15, -0.1) is 5.10 Å². The first kappa shape index (κ1) is 10.6. The third kappa shape index (κ3) is 1.64. The average Bonchev–Trinajstić information content (AvgIpc) is 2.58. The van der Waals surface area contributed by atoms with E-state index in [0.717, 1.165) is 5.52 Å². The van der Waals surface area contributed by atoms with Gasteiger partial charge in [-0.2, -0.15) is 0 Å². The number of carbonyl (C=O) groups is 1. The summed E-state index contributed by atoms with van der Waals surface area (Å²) >= 11 is 0. The maximum atomic E-state index is 10.9. The molecule has 1 aromatic carbocycles. The number of hydrogen-bond acceptors (Lipinski definition) is 3. The van der Waals surface area contributed by atoms with E-state index in [9.17, 15) is 4.79 Å². The van der Waals surface area contributed by atoms with Crippen molar-refractivity contribution >= 4 is 17.0 Å². The summed E-state index contributed by atoms with van der Waals surface area (Å²) in [6.07, 6.45) is 0. The molecule has 0 aliphatic carbocycles. The quantitative estimate of drug-likeness (QED) is 0.795. The highest BCUT2D eigenvalue weighted by Crippen LogP contribution is 2.20. The lowest BCUT2D eigenvalue weighted by atomic mass is 10.1. The number of aromatic nitrogens is 3. The van der Waals surface area contributed by atoms with Gasteiger partial charge in [0.15, 0.2) is 0 Å². The number of carboxylic acids is 1. The van der Waals surface area contributed by atoms with E-state index in [1.54, 1.807) is 16.8 Å². The molecule has 5 nitrogen and oxygen atoms in total. The predicted molar refractivity (Wildman–Crippen MR) is 59.5 cm³/mol. The molecule has 2 aromatic rings. The first-order valence-corrected chi connectivity index (χ1v) is 4.99. The third-order valence-electron chi connectivity index (χ3n) is 2.33. The Bertz CT molecular complexity index is 552. The van der Waals surface area contributed by atoms with Gasteiger partial charge in [-0.25, -0.2) is 9.48 Å². The highest BCUT2D eigenvalue weighted by Gasteiger charge is 2.18. The first-order valence-electron chi connectivity index (χ1n) is 4.99. The van der Waals surface area contributed by atoms with Gasteiger partial charge in [-0.05, 0) is 39.0 Å². The number of hydrogen-bond donors (Lipinski definition) is 1. The molecule has 0 saturated carbocycles. The summed E-state index contributed by atoms with van der Waals surface area (Å²) < 4.78 is 1.73. The summed E-state index contributed by atoms with van der Waals surface area (Å²) in [4.78, 5) is 10.9. The van der Waals surface area contributed by atoms with Crippen molar-refractivity contribution in [3.8, 4) is 0 Å². The molecule has 0 aliphatic rings. The van der Waals surface area contributed by atoms with Gasteiger partial charge in [0.25, 0.3) is 0 Å². The number of benzene rings is 1. The summed E-state index contributed by atoms with van der Waals surface area (Å²) in [6, 6.07) is 4.81. The SMILES string of the molecule is CC(C)(C)n1nnc2ccc(C(=O)O)cc21. The van der Waals surface area contributed by atoms with Crippen LogP contribution in [0, 0.1) is 0 Å². The lowest BCUT2D eigenvalue weighted by Crippen LogP contribution is -2.23. The molecule has 0 spiro atoms. The molecule has 1 N–H and O–H groups in total. The Hall–Kier alpha value is -1.91. The van der Waals surface area contributed by atoms with Gasteiger partial charge in [-0.3, -0.25) is 0 Å². The van der Waals surface area contributed by atoms with Crippen molar-refractivity contribution in [2.45, 2.75) is 26.3 Å². The molecule has 1 heterocycles. The van der Waals surface area contributed by atoms with Crippen molar-refractivity contribution in [3.63, 3.8) is 0 Å². The van der Waals surface area contributed by atoms with E-state index in [1.807, 2.05) is 20.8 Å². The van der Waals surface area contributed by atoms with E-state index >= 15 is 0 Å². The van der Waals surface area contributed by atoms with Crippen molar-refractivity contribution in [2.75, 3.05) is 0 Å². The van der Waals surface area contributed by atoms with E-state index in [4.69, 9.17) is 5.11 Å². The van der Waals surface area contributed by atoms with Crippen molar-refractivity contribution in [1.29, 1.82) is 0 Å². The van der Waals surface area contributed by atoms with Gasteiger partial charge >= 0.3 is 5.97 Å². The average molecular weight is 219 g/mol. The van der Waals surface area contributed by atoms with E-state index in [2.05, 4.69) is 10.3 Å². The maximum absolute atomic E-state index is 10.9. The van der Waals surface area contributed by atoms with Crippen LogP contribution in [0.4, 0.5) is 0 Å². The largest absolute Gasteiger partial charge is 0.478 e. The fourth-order valence-electron chi connectivity index (χ4n) is 1.55. The molecule has 16 heavy (non-hydrogen) atoms. The standard InChI is InChI=1S/C11H13N3O2/c1-11(2,3)14-9-6-7(10(15)16)4-5-8(9)12-13-14/h4-6H,1-3H3,(H,15,16). The van der Waals surface area contributed by atoms with Gasteiger partial charge in [-0.1, -0.05) is 5.21 Å². The van der Waals surface area contributed by atoms with Crippen LogP contribution in [-0.2, 0) is 5.54 Å². The molecule has 5 heteroatoms. The third-order valence-corrected chi connectivity index (χ3v) is 2.33. The number of nitrogens with zero attached hydrogens (tertiary/aromatic N) is 3. The molecule has 1 aromatic heterocycles. The van der Waals surface area contributed by atoms with Crippen LogP contribution in [0.1, 0.15) is 31.1 Å². The molecule has 2 rings (SSSR count).